The summed E-state index contributed by atoms with van der Waals surface area (Å²) in [6, 6.07) is 12.8. The van der Waals surface area contributed by atoms with Gasteiger partial charge in [-0.3, -0.25) is 9.36 Å². The highest BCUT2D eigenvalue weighted by atomic mass is 32.1. The maximum Gasteiger partial charge on any atom is 0.262 e. The predicted molar refractivity (Wildman–Crippen MR) is 92.0 cm³/mol. The highest BCUT2D eigenvalue weighted by Gasteiger charge is 2.10. The van der Waals surface area contributed by atoms with Gasteiger partial charge in [0.1, 0.15) is 11.5 Å². The van der Waals surface area contributed by atoms with E-state index in [1.807, 2.05) is 30.3 Å². The van der Waals surface area contributed by atoms with Gasteiger partial charge in [0.05, 0.1) is 31.7 Å². The Morgan fingerprint density at radius 2 is 1.91 bits per heavy atom. The summed E-state index contributed by atoms with van der Waals surface area (Å²) in [6.07, 6.45) is 0. The van der Waals surface area contributed by atoms with E-state index in [2.05, 4.69) is 4.98 Å². The van der Waals surface area contributed by atoms with Crippen LogP contribution in [-0.2, 0) is 6.54 Å². The van der Waals surface area contributed by atoms with E-state index in [0.717, 1.165) is 11.1 Å². The maximum absolute atomic E-state index is 12.7. The number of aromatic nitrogens is 2. The van der Waals surface area contributed by atoms with E-state index in [1.165, 1.54) is 4.57 Å². The summed E-state index contributed by atoms with van der Waals surface area (Å²) in [7, 11) is 3.18. The third-order valence-corrected chi connectivity index (χ3v) is 4.03. The Labute approximate surface area is 138 Å². The first-order chi connectivity index (χ1) is 11.1. The van der Waals surface area contributed by atoms with Crippen molar-refractivity contribution in [2.75, 3.05) is 14.2 Å². The van der Waals surface area contributed by atoms with Gasteiger partial charge in [0.2, 0.25) is 0 Å². The molecule has 0 saturated heterocycles. The highest BCUT2D eigenvalue weighted by molar-refractivity contribution is 7.71. The van der Waals surface area contributed by atoms with Gasteiger partial charge in [-0.05, 0) is 36.5 Å². The molecule has 0 aliphatic heterocycles. The van der Waals surface area contributed by atoms with Crippen molar-refractivity contribution in [1.29, 1.82) is 0 Å². The van der Waals surface area contributed by atoms with E-state index in [0.29, 0.717) is 28.2 Å². The molecule has 1 aromatic heterocycles. The third kappa shape index (κ3) is 2.85. The molecule has 1 N–H and O–H groups in total. The van der Waals surface area contributed by atoms with Crippen molar-refractivity contribution in [3.63, 3.8) is 0 Å². The van der Waals surface area contributed by atoms with Gasteiger partial charge in [-0.2, -0.15) is 0 Å². The molecule has 0 unspecified atom stereocenters. The Hall–Kier alpha value is -2.60. The zero-order valence-corrected chi connectivity index (χ0v) is 13.6. The average molecular weight is 328 g/mol. The van der Waals surface area contributed by atoms with Gasteiger partial charge < -0.3 is 14.5 Å². The molecule has 3 rings (SSSR count). The first-order valence-corrected chi connectivity index (χ1v) is 7.47. The second-order valence-corrected chi connectivity index (χ2v) is 5.43. The van der Waals surface area contributed by atoms with Gasteiger partial charge >= 0.3 is 0 Å². The first-order valence-electron chi connectivity index (χ1n) is 7.07. The number of rotatable bonds is 4. The van der Waals surface area contributed by atoms with Crippen LogP contribution >= 0.6 is 12.2 Å². The Morgan fingerprint density at radius 3 is 2.65 bits per heavy atom. The minimum absolute atomic E-state index is 0.123. The molecule has 0 aliphatic rings. The quantitative estimate of drug-likeness (QED) is 0.748. The lowest BCUT2D eigenvalue weighted by Gasteiger charge is -2.12. The van der Waals surface area contributed by atoms with E-state index >= 15 is 0 Å². The lowest BCUT2D eigenvalue weighted by Crippen LogP contribution is -2.23. The van der Waals surface area contributed by atoms with Gasteiger partial charge in [-0.15, -0.1) is 0 Å². The van der Waals surface area contributed by atoms with Gasteiger partial charge in [0, 0.05) is 11.6 Å². The minimum Gasteiger partial charge on any atom is -0.497 e. The van der Waals surface area contributed by atoms with Crippen LogP contribution in [0.15, 0.2) is 47.3 Å². The number of nitrogens with one attached hydrogen (secondary N) is 1. The predicted octanol–water partition coefficient (Wildman–Crippen LogP) is 3.12. The van der Waals surface area contributed by atoms with E-state index < -0.39 is 0 Å². The fourth-order valence-electron chi connectivity index (χ4n) is 2.50. The summed E-state index contributed by atoms with van der Waals surface area (Å²) >= 11 is 5.34. The molecule has 0 saturated carbocycles. The zero-order valence-electron chi connectivity index (χ0n) is 12.8. The molecule has 0 spiro atoms. The van der Waals surface area contributed by atoms with Crippen LogP contribution in [-0.4, -0.2) is 23.8 Å². The van der Waals surface area contributed by atoms with Crippen LogP contribution in [0, 0.1) is 4.77 Å². The number of ether oxygens (including phenoxy) is 2. The van der Waals surface area contributed by atoms with Gasteiger partial charge in [-0.1, -0.05) is 12.1 Å². The minimum atomic E-state index is -0.123. The van der Waals surface area contributed by atoms with Crippen LogP contribution in [0.5, 0.6) is 11.5 Å². The summed E-state index contributed by atoms with van der Waals surface area (Å²) in [4.78, 5) is 15.8. The molecule has 0 bridgehead atoms. The number of fused-ring (bicyclic) bond motifs is 1. The van der Waals surface area contributed by atoms with Crippen molar-refractivity contribution in [2.24, 2.45) is 0 Å². The zero-order chi connectivity index (χ0) is 16.4. The molecule has 3 aromatic rings. The van der Waals surface area contributed by atoms with Crippen LogP contribution in [0.25, 0.3) is 10.9 Å². The van der Waals surface area contributed by atoms with Crippen LogP contribution < -0.4 is 15.0 Å². The number of nitrogens with zero attached hydrogens (tertiary/aromatic N) is 1. The second-order valence-electron chi connectivity index (χ2n) is 5.04. The van der Waals surface area contributed by atoms with Gasteiger partial charge in [-0.25, -0.2) is 0 Å². The molecule has 0 radical (unpaired) electrons. The molecular weight excluding hydrogens is 312 g/mol. The number of hydrogen-bond donors (Lipinski definition) is 1. The summed E-state index contributed by atoms with van der Waals surface area (Å²) in [6.45, 7) is 0.326. The largest absolute Gasteiger partial charge is 0.497 e. The Morgan fingerprint density at radius 1 is 1.13 bits per heavy atom. The molecule has 6 heteroatoms. The molecule has 23 heavy (non-hydrogen) atoms. The van der Waals surface area contributed by atoms with E-state index in [4.69, 9.17) is 21.7 Å². The number of H-pyrrole nitrogens is 1. The van der Waals surface area contributed by atoms with Crippen molar-refractivity contribution >= 4 is 23.1 Å². The highest BCUT2D eigenvalue weighted by Crippen LogP contribution is 2.25. The van der Waals surface area contributed by atoms with Crippen molar-refractivity contribution < 1.29 is 9.47 Å². The summed E-state index contributed by atoms with van der Waals surface area (Å²) < 4.78 is 12.5. The monoisotopic (exact) mass is 328 g/mol. The molecule has 5 nitrogen and oxygen atoms in total. The van der Waals surface area contributed by atoms with Crippen LogP contribution in [0.3, 0.4) is 0 Å². The maximum atomic E-state index is 12.7. The molecule has 0 aliphatic carbocycles. The fourth-order valence-corrected chi connectivity index (χ4v) is 2.75. The number of methoxy groups -OCH3 is 2. The second kappa shape index (κ2) is 6.26. The van der Waals surface area contributed by atoms with E-state index in [1.54, 1.807) is 26.4 Å². The van der Waals surface area contributed by atoms with E-state index in [-0.39, 0.29) is 5.56 Å². The molecular formula is C17H16N2O3S. The Kier molecular flexibility index (Phi) is 4.16. The van der Waals surface area contributed by atoms with Crippen LogP contribution in [0.2, 0.25) is 0 Å². The lowest BCUT2D eigenvalue weighted by molar-refractivity contribution is 0.390. The van der Waals surface area contributed by atoms with Crippen LogP contribution in [0.4, 0.5) is 0 Å². The van der Waals surface area contributed by atoms with Gasteiger partial charge in [0.25, 0.3) is 5.56 Å². The average Bonchev–Trinajstić information content (AvgIpc) is 2.58. The van der Waals surface area contributed by atoms with Crippen molar-refractivity contribution in [3.05, 3.63) is 63.2 Å². The van der Waals surface area contributed by atoms with Crippen LogP contribution in [0.1, 0.15) is 5.56 Å². The number of para-hydroxylation sites is 1. The number of benzene rings is 2. The lowest BCUT2D eigenvalue weighted by atomic mass is 10.2. The number of hydrogen-bond acceptors (Lipinski definition) is 4. The van der Waals surface area contributed by atoms with Crippen molar-refractivity contribution in [2.45, 2.75) is 6.54 Å². The molecule has 0 amide bonds. The van der Waals surface area contributed by atoms with Crippen molar-refractivity contribution in [3.8, 4) is 11.5 Å². The fraction of sp³-hybridized carbons (Fsp3) is 0.176. The molecule has 0 atom stereocenters. The standard InChI is InChI=1S/C17H16N2O3S/c1-21-12-8-7-11(15(9-12)22-2)10-19-16(20)13-5-3-4-6-14(13)18-17(19)23/h3-9H,10H2,1-2H3,(H,18,23). The third-order valence-electron chi connectivity index (χ3n) is 3.71. The Balaban J connectivity index is 2.12. The van der Waals surface area contributed by atoms with E-state index in [9.17, 15) is 4.79 Å². The molecule has 0 fully saturated rings. The smallest absolute Gasteiger partial charge is 0.262 e. The molecule has 118 valence electrons. The molecule has 1 heterocycles. The van der Waals surface area contributed by atoms with Crippen molar-refractivity contribution in [1.82, 2.24) is 9.55 Å². The first kappa shape index (κ1) is 15.3. The summed E-state index contributed by atoms with van der Waals surface area (Å²) in [5, 5.41) is 0.605. The Bertz CT molecular complexity index is 975. The summed E-state index contributed by atoms with van der Waals surface area (Å²) in [5.41, 5.74) is 1.47. The topological polar surface area (TPSA) is 56.2 Å². The normalized spacial score (nSPS) is 10.7. The SMILES string of the molecule is COc1ccc(Cn2c(=S)[nH]c3ccccc3c2=O)c(OC)c1. The number of aromatic amines is 1. The molecule has 2 aromatic carbocycles. The van der Waals surface area contributed by atoms with Gasteiger partial charge in [0.15, 0.2) is 4.77 Å². The summed E-state index contributed by atoms with van der Waals surface area (Å²) in [5.74, 6) is 1.35.